The highest BCUT2D eigenvalue weighted by Crippen LogP contribution is 2.42. The van der Waals surface area contributed by atoms with Gasteiger partial charge in [0, 0.05) is 32.9 Å². The topological polar surface area (TPSA) is 60.1 Å². The Labute approximate surface area is 220 Å². The van der Waals surface area contributed by atoms with Crippen LogP contribution in [-0.2, 0) is 19.0 Å². The standard InChI is InChI=1S/C29H20F3N3O2S/c30-29(31,32)27-22-14-15-24-21(16-17-37-24)26(22)35(34-27)19-12-10-18(11-13-19)28(36)33-23-8-4-5-9-25(23)38-20-6-2-1-3-7-20/h1-13,16-17H,14-15H2,(H,33,36). The van der Waals surface area contributed by atoms with Gasteiger partial charge in [0.05, 0.1) is 23.3 Å². The second-order valence-corrected chi connectivity index (χ2v) is 9.87. The Bertz CT molecular complexity index is 1620. The van der Waals surface area contributed by atoms with Crippen molar-refractivity contribution in [3.8, 4) is 16.9 Å². The molecule has 5 nitrogen and oxygen atoms in total. The number of fused-ring (bicyclic) bond motifs is 3. The Kier molecular flexibility index (Phi) is 6.07. The minimum Gasteiger partial charge on any atom is -0.469 e. The van der Waals surface area contributed by atoms with Crippen LogP contribution >= 0.6 is 11.8 Å². The predicted octanol–water partition coefficient (Wildman–Crippen LogP) is 7.65. The number of hydrogen-bond donors (Lipinski definition) is 1. The molecular weight excluding hydrogens is 511 g/mol. The zero-order valence-electron chi connectivity index (χ0n) is 19.8. The van der Waals surface area contributed by atoms with Crippen LogP contribution in [0.4, 0.5) is 18.9 Å². The van der Waals surface area contributed by atoms with E-state index in [2.05, 4.69) is 10.4 Å². The van der Waals surface area contributed by atoms with Crippen LogP contribution in [0.5, 0.6) is 0 Å². The molecule has 6 rings (SSSR count). The van der Waals surface area contributed by atoms with Crippen molar-refractivity contribution < 1.29 is 22.4 Å². The number of nitrogens with one attached hydrogen (secondary N) is 1. The molecule has 0 fully saturated rings. The smallest absolute Gasteiger partial charge is 0.435 e. The lowest BCUT2D eigenvalue weighted by Gasteiger charge is -2.15. The van der Waals surface area contributed by atoms with Gasteiger partial charge in [0.25, 0.3) is 5.91 Å². The molecule has 2 heterocycles. The molecule has 190 valence electrons. The molecule has 0 spiro atoms. The molecule has 3 aromatic carbocycles. The SMILES string of the molecule is O=C(Nc1ccccc1Sc1ccccc1)c1ccc(-n2nc(C(F)(F)F)c3c2-c2ccoc2CC3)cc1. The Morgan fingerprint density at radius 2 is 1.66 bits per heavy atom. The number of rotatable bonds is 5. The van der Waals surface area contributed by atoms with Crippen molar-refractivity contribution in [3.05, 3.63) is 114 Å². The van der Waals surface area contributed by atoms with E-state index in [1.165, 1.54) is 22.7 Å². The third-order valence-electron chi connectivity index (χ3n) is 6.33. The van der Waals surface area contributed by atoms with Crippen LogP contribution in [0.25, 0.3) is 16.9 Å². The van der Waals surface area contributed by atoms with Crippen molar-refractivity contribution in [1.82, 2.24) is 9.78 Å². The number of carbonyl (C=O) groups excluding carboxylic acids is 1. The van der Waals surface area contributed by atoms with E-state index in [0.29, 0.717) is 40.4 Å². The number of anilines is 1. The fourth-order valence-electron chi connectivity index (χ4n) is 4.59. The maximum absolute atomic E-state index is 13.8. The summed E-state index contributed by atoms with van der Waals surface area (Å²) < 4.78 is 48.2. The number of benzene rings is 3. The number of aromatic nitrogens is 2. The van der Waals surface area contributed by atoms with Crippen LogP contribution in [0.3, 0.4) is 0 Å². The maximum atomic E-state index is 13.8. The molecule has 0 radical (unpaired) electrons. The van der Waals surface area contributed by atoms with E-state index in [0.717, 1.165) is 9.79 Å². The highest BCUT2D eigenvalue weighted by molar-refractivity contribution is 7.99. The van der Waals surface area contributed by atoms with E-state index in [1.54, 1.807) is 30.3 Å². The molecule has 1 N–H and O–H groups in total. The third-order valence-corrected chi connectivity index (χ3v) is 7.42. The normalized spacial score (nSPS) is 12.6. The van der Waals surface area contributed by atoms with Gasteiger partial charge in [0.2, 0.25) is 0 Å². The minimum atomic E-state index is -4.58. The summed E-state index contributed by atoms with van der Waals surface area (Å²) in [6.45, 7) is 0. The number of para-hydroxylation sites is 1. The molecule has 0 unspecified atom stereocenters. The van der Waals surface area contributed by atoms with Crippen molar-refractivity contribution >= 4 is 23.4 Å². The van der Waals surface area contributed by atoms with Gasteiger partial charge in [-0.15, -0.1) is 0 Å². The molecular formula is C29H20F3N3O2S. The number of hydrogen-bond acceptors (Lipinski definition) is 4. The van der Waals surface area contributed by atoms with Gasteiger partial charge >= 0.3 is 6.18 Å². The van der Waals surface area contributed by atoms with Crippen molar-refractivity contribution in [2.24, 2.45) is 0 Å². The van der Waals surface area contributed by atoms with Crippen molar-refractivity contribution in [1.29, 1.82) is 0 Å². The van der Waals surface area contributed by atoms with Crippen LogP contribution < -0.4 is 5.32 Å². The molecule has 38 heavy (non-hydrogen) atoms. The highest BCUT2D eigenvalue weighted by Gasteiger charge is 2.41. The molecule has 0 atom stereocenters. The summed E-state index contributed by atoms with van der Waals surface area (Å²) in [6.07, 6.45) is -2.54. The van der Waals surface area contributed by atoms with Gasteiger partial charge < -0.3 is 9.73 Å². The molecule has 0 aliphatic heterocycles. The van der Waals surface area contributed by atoms with Gasteiger partial charge in [0.1, 0.15) is 5.76 Å². The summed E-state index contributed by atoms with van der Waals surface area (Å²) in [6, 6.07) is 25.4. The predicted molar refractivity (Wildman–Crippen MR) is 139 cm³/mol. The fourth-order valence-corrected chi connectivity index (χ4v) is 5.51. The van der Waals surface area contributed by atoms with Crippen molar-refractivity contribution in [2.45, 2.75) is 28.8 Å². The van der Waals surface area contributed by atoms with E-state index in [-0.39, 0.29) is 17.9 Å². The molecule has 9 heteroatoms. The maximum Gasteiger partial charge on any atom is 0.435 e. The zero-order valence-corrected chi connectivity index (χ0v) is 20.6. The van der Waals surface area contributed by atoms with Crippen molar-refractivity contribution in [3.63, 3.8) is 0 Å². The number of alkyl halides is 3. The van der Waals surface area contributed by atoms with E-state index in [4.69, 9.17) is 4.42 Å². The first-order chi connectivity index (χ1) is 18.4. The summed E-state index contributed by atoms with van der Waals surface area (Å²) in [5.74, 6) is 0.309. The molecule has 5 aromatic rings. The molecule has 0 saturated carbocycles. The lowest BCUT2D eigenvalue weighted by molar-refractivity contribution is -0.142. The first-order valence-corrected chi connectivity index (χ1v) is 12.7. The molecule has 1 aliphatic rings. The number of aryl methyl sites for hydroxylation is 1. The van der Waals surface area contributed by atoms with E-state index < -0.39 is 11.9 Å². The largest absolute Gasteiger partial charge is 0.469 e. The van der Waals surface area contributed by atoms with Gasteiger partial charge in [-0.25, -0.2) is 4.68 Å². The van der Waals surface area contributed by atoms with Crippen molar-refractivity contribution in [2.75, 3.05) is 5.32 Å². The second kappa shape index (κ2) is 9.57. The zero-order chi connectivity index (χ0) is 26.3. The third kappa shape index (κ3) is 4.50. The van der Waals surface area contributed by atoms with Gasteiger partial charge in [-0.2, -0.15) is 18.3 Å². The minimum absolute atomic E-state index is 0.153. The summed E-state index contributed by atoms with van der Waals surface area (Å²) >= 11 is 1.54. The molecule has 0 bridgehead atoms. The monoisotopic (exact) mass is 531 g/mol. The summed E-state index contributed by atoms with van der Waals surface area (Å²) in [4.78, 5) is 15.0. The molecule has 2 aromatic heterocycles. The van der Waals surface area contributed by atoms with Gasteiger partial charge in [-0.3, -0.25) is 4.79 Å². The number of amides is 1. The van der Waals surface area contributed by atoms with Crippen LogP contribution in [-0.4, -0.2) is 15.7 Å². The number of carbonyl (C=O) groups is 1. The first kappa shape index (κ1) is 24.1. The average molecular weight is 532 g/mol. The summed E-state index contributed by atoms with van der Waals surface area (Å²) in [5, 5.41) is 6.90. The quantitative estimate of drug-likeness (QED) is 0.253. The lowest BCUT2D eigenvalue weighted by Crippen LogP contribution is -2.13. The van der Waals surface area contributed by atoms with Gasteiger partial charge in [-0.1, -0.05) is 42.1 Å². The van der Waals surface area contributed by atoms with Crippen LogP contribution in [0.1, 0.15) is 27.4 Å². The van der Waals surface area contributed by atoms with Crippen LogP contribution in [0.2, 0.25) is 0 Å². The highest BCUT2D eigenvalue weighted by atomic mass is 32.2. The van der Waals surface area contributed by atoms with E-state index in [9.17, 15) is 18.0 Å². The number of nitrogens with zero attached hydrogens (tertiary/aromatic N) is 2. The van der Waals surface area contributed by atoms with Crippen LogP contribution in [0.15, 0.2) is 105 Å². The Morgan fingerprint density at radius 3 is 2.42 bits per heavy atom. The summed E-state index contributed by atoms with van der Waals surface area (Å²) in [5.41, 5.74) is 1.69. The Hall–Kier alpha value is -4.24. The lowest BCUT2D eigenvalue weighted by atomic mass is 9.94. The number of furan rings is 1. The molecule has 1 amide bonds. The Morgan fingerprint density at radius 1 is 0.921 bits per heavy atom. The average Bonchev–Trinajstić information content (AvgIpc) is 3.55. The Balaban J connectivity index is 1.29. The molecule has 0 saturated heterocycles. The number of halogens is 3. The summed E-state index contributed by atoms with van der Waals surface area (Å²) in [7, 11) is 0. The fraction of sp³-hybridized carbons (Fsp3) is 0.103. The van der Waals surface area contributed by atoms with Gasteiger partial charge in [0.15, 0.2) is 5.69 Å². The first-order valence-electron chi connectivity index (χ1n) is 11.9. The second-order valence-electron chi connectivity index (χ2n) is 8.76. The van der Waals surface area contributed by atoms with Crippen LogP contribution in [0, 0.1) is 0 Å². The molecule has 1 aliphatic carbocycles. The van der Waals surface area contributed by atoms with E-state index in [1.807, 2.05) is 54.6 Å². The van der Waals surface area contributed by atoms with E-state index >= 15 is 0 Å². The van der Waals surface area contributed by atoms with Gasteiger partial charge in [-0.05, 0) is 61.0 Å².